The van der Waals surface area contributed by atoms with Gasteiger partial charge in [-0.05, 0) is 91.9 Å². The van der Waals surface area contributed by atoms with Crippen LogP contribution in [-0.2, 0) is 19.6 Å². The van der Waals surface area contributed by atoms with Gasteiger partial charge < -0.3 is 14.5 Å². The van der Waals surface area contributed by atoms with E-state index in [0.29, 0.717) is 0 Å². The van der Waals surface area contributed by atoms with E-state index in [1.807, 2.05) is 6.07 Å². The number of benzene rings is 3. The molecule has 0 radical (unpaired) electrons. The predicted octanol–water partition coefficient (Wildman–Crippen LogP) is 6.49. The lowest BCUT2D eigenvalue weighted by atomic mass is 10.1. The van der Waals surface area contributed by atoms with E-state index in [-0.39, 0.29) is 0 Å². The Morgan fingerprint density at radius 1 is 0.686 bits per heavy atom. The van der Waals surface area contributed by atoms with Crippen LogP contribution in [0.3, 0.4) is 0 Å². The fourth-order valence-corrected chi connectivity index (χ4v) is 5.50. The number of nitrogens with zero attached hydrogens (tertiary/aromatic N) is 3. The van der Waals surface area contributed by atoms with Gasteiger partial charge in [0.2, 0.25) is 0 Å². The molecule has 0 aliphatic carbocycles. The van der Waals surface area contributed by atoms with E-state index in [0.717, 1.165) is 25.4 Å². The minimum atomic E-state index is 0.846. The maximum absolute atomic E-state index is 5.51. The average molecular weight is 470 g/mol. The van der Waals surface area contributed by atoms with Crippen LogP contribution in [-0.4, -0.2) is 38.2 Å². The number of anilines is 2. The highest BCUT2D eigenvalue weighted by molar-refractivity contribution is 5.53. The van der Waals surface area contributed by atoms with Crippen LogP contribution in [0.2, 0.25) is 0 Å². The quantitative estimate of drug-likeness (QED) is 0.357. The van der Waals surface area contributed by atoms with E-state index in [1.54, 1.807) is 7.11 Å². The van der Waals surface area contributed by atoms with Crippen LogP contribution in [0, 0.1) is 0 Å². The standard InChI is InChI=1S/C31H39N3O/c1-35-31-15-9-12-28(22-31)25-34(24-27-11-8-13-29(21-27)33-18-5-6-19-33)30-14-7-10-26(20-30)23-32-16-3-2-4-17-32/h7-15,20-22H,2-6,16-19,23-25H2,1H3. The topological polar surface area (TPSA) is 19.0 Å². The Labute approximate surface area is 211 Å². The van der Waals surface area contributed by atoms with Crippen LogP contribution in [0.25, 0.3) is 0 Å². The Balaban J connectivity index is 1.40. The SMILES string of the molecule is COc1cccc(CN(Cc2cccc(N3CCCC3)c2)c2cccc(CN3CCCCC3)c2)c1. The van der Waals surface area contributed by atoms with E-state index >= 15 is 0 Å². The summed E-state index contributed by atoms with van der Waals surface area (Å²) >= 11 is 0. The Kier molecular flexibility index (Phi) is 7.89. The Morgan fingerprint density at radius 2 is 1.34 bits per heavy atom. The van der Waals surface area contributed by atoms with Gasteiger partial charge in [0.05, 0.1) is 7.11 Å². The van der Waals surface area contributed by atoms with E-state index in [4.69, 9.17) is 4.74 Å². The van der Waals surface area contributed by atoms with Gasteiger partial charge in [0.1, 0.15) is 5.75 Å². The van der Waals surface area contributed by atoms with Gasteiger partial charge in [-0.3, -0.25) is 4.90 Å². The fourth-order valence-electron chi connectivity index (χ4n) is 5.50. The molecule has 3 aromatic carbocycles. The zero-order chi connectivity index (χ0) is 23.9. The first-order chi connectivity index (χ1) is 17.3. The fraction of sp³-hybridized carbons (Fsp3) is 0.419. The molecule has 0 spiro atoms. The molecule has 35 heavy (non-hydrogen) atoms. The summed E-state index contributed by atoms with van der Waals surface area (Å²) in [6.45, 7) is 7.57. The summed E-state index contributed by atoms with van der Waals surface area (Å²) in [5, 5.41) is 0. The highest BCUT2D eigenvalue weighted by atomic mass is 16.5. The Hall–Kier alpha value is -2.98. The van der Waals surface area contributed by atoms with Gasteiger partial charge in [0.25, 0.3) is 0 Å². The lowest BCUT2D eigenvalue weighted by Crippen LogP contribution is -2.29. The van der Waals surface area contributed by atoms with E-state index in [9.17, 15) is 0 Å². The highest BCUT2D eigenvalue weighted by Crippen LogP contribution is 2.27. The van der Waals surface area contributed by atoms with Crippen molar-refractivity contribution in [1.82, 2.24) is 4.90 Å². The van der Waals surface area contributed by atoms with Gasteiger partial charge in [-0.1, -0.05) is 42.8 Å². The average Bonchev–Trinajstić information content (AvgIpc) is 3.45. The van der Waals surface area contributed by atoms with Crippen LogP contribution < -0.4 is 14.5 Å². The first kappa shape index (κ1) is 23.7. The summed E-state index contributed by atoms with van der Waals surface area (Å²) in [7, 11) is 1.74. The molecule has 0 atom stereocenters. The third-order valence-electron chi connectivity index (χ3n) is 7.39. The molecule has 0 N–H and O–H groups in total. The minimum Gasteiger partial charge on any atom is -0.497 e. The number of methoxy groups -OCH3 is 1. The number of rotatable bonds is 9. The summed E-state index contributed by atoms with van der Waals surface area (Å²) in [6, 6.07) is 26.8. The van der Waals surface area contributed by atoms with Crippen LogP contribution in [0.5, 0.6) is 5.75 Å². The van der Waals surface area contributed by atoms with Gasteiger partial charge >= 0.3 is 0 Å². The number of piperidine rings is 1. The number of hydrogen-bond donors (Lipinski definition) is 0. The summed E-state index contributed by atoms with van der Waals surface area (Å²) in [5.41, 5.74) is 6.68. The highest BCUT2D eigenvalue weighted by Gasteiger charge is 2.16. The summed E-state index contributed by atoms with van der Waals surface area (Å²) < 4.78 is 5.51. The molecule has 0 unspecified atom stereocenters. The van der Waals surface area contributed by atoms with Gasteiger partial charge in [-0.15, -0.1) is 0 Å². The van der Waals surface area contributed by atoms with Crippen LogP contribution in [0.1, 0.15) is 48.8 Å². The number of likely N-dealkylation sites (tertiary alicyclic amines) is 1. The maximum atomic E-state index is 5.51. The summed E-state index contributed by atoms with van der Waals surface area (Å²) in [4.78, 5) is 7.64. The van der Waals surface area contributed by atoms with Crippen molar-refractivity contribution in [3.05, 3.63) is 89.5 Å². The summed E-state index contributed by atoms with van der Waals surface area (Å²) in [5.74, 6) is 0.914. The van der Waals surface area contributed by atoms with Gasteiger partial charge in [0.15, 0.2) is 0 Å². The molecule has 4 nitrogen and oxygen atoms in total. The summed E-state index contributed by atoms with van der Waals surface area (Å²) in [6.07, 6.45) is 6.64. The molecule has 2 aliphatic heterocycles. The molecular formula is C31H39N3O. The molecule has 5 rings (SSSR count). The first-order valence-electron chi connectivity index (χ1n) is 13.3. The lowest BCUT2D eigenvalue weighted by Gasteiger charge is -2.29. The molecule has 2 aliphatic rings. The Bertz CT molecular complexity index is 1090. The van der Waals surface area contributed by atoms with Crippen molar-refractivity contribution < 1.29 is 4.74 Å². The third kappa shape index (κ3) is 6.37. The van der Waals surface area contributed by atoms with Crippen molar-refractivity contribution in [2.75, 3.05) is 43.1 Å². The van der Waals surface area contributed by atoms with Crippen LogP contribution in [0.4, 0.5) is 11.4 Å². The molecule has 0 saturated carbocycles. The second-order valence-corrected chi connectivity index (χ2v) is 10.1. The molecule has 2 heterocycles. The van der Waals surface area contributed by atoms with Gasteiger partial charge in [-0.2, -0.15) is 0 Å². The Morgan fingerprint density at radius 3 is 2.11 bits per heavy atom. The second-order valence-electron chi connectivity index (χ2n) is 10.1. The van der Waals surface area contributed by atoms with Crippen molar-refractivity contribution in [1.29, 1.82) is 0 Å². The molecular weight excluding hydrogens is 430 g/mol. The molecule has 2 fully saturated rings. The van der Waals surface area contributed by atoms with Crippen LogP contribution in [0.15, 0.2) is 72.8 Å². The van der Waals surface area contributed by atoms with E-state index in [2.05, 4.69) is 81.4 Å². The molecule has 2 saturated heterocycles. The third-order valence-corrected chi connectivity index (χ3v) is 7.39. The van der Waals surface area contributed by atoms with Crippen molar-refractivity contribution >= 4 is 11.4 Å². The number of hydrogen-bond acceptors (Lipinski definition) is 4. The zero-order valence-corrected chi connectivity index (χ0v) is 21.2. The molecule has 4 heteroatoms. The molecule has 0 aromatic heterocycles. The largest absolute Gasteiger partial charge is 0.497 e. The molecule has 0 amide bonds. The molecule has 184 valence electrons. The maximum Gasteiger partial charge on any atom is 0.119 e. The van der Waals surface area contributed by atoms with E-state index < -0.39 is 0 Å². The van der Waals surface area contributed by atoms with Crippen LogP contribution >= 0.6 is 0 Å². The monoisotopic (exact) mass is 469 g/mol. The van der Waals surface area contributed by atoms with Gasteiger partial charge in [0, 0.05) is 44.1 Å². The normalized spacial score (nSPS) is 16.4. The molecule has 0 bridgehead atoms. The second kappa shape index (κ2) is 11.6. The zero-order valence-electron chi connectivity index (χ0n) is 21.2. The van der Waals surface area contributed by atoms with E-state index in [1.165, 1.54) is 86.3 Å². The van der Waals surface area contributed by atoms with Gasteiger partial charge in [-0.25, -0.2) is 0 Å². The first-order valence-corrected chi connectivity index (χ1v) is 13.3. The minimum absolute atomic E-state index is 0.846. The smallest absolute Gasteiger partial charge is 0.119 e. The van der Waals surface area contributed by atoms with Crippen molar-refractivity contribution in [2.45, 2.75) is 51.7 Å². The predicted molar refractivity (Wildman–Crippen MR) is 146 cm³/mol. The van der Waals surface area contributed by atoms with Crippen molar-refractivity contribution in [3.63, 3.8) is 0 Å². The molecule has 3 aromatic rings. The van der Waals surface area contributed by atoms with Crippen molar-refractivity contribution in [3.8, 4) is 5.75 Å². The van der Waals surface area contributed by atoms with Crippen molar-refractivity contribution in [2.24, 2.45) is 0 Å². The number of ether oxygens (including phenoxy) is 1. The lowest BCUT2D eigenvalue weighted by molar-refractivity contribution is 0.221.